The summed E-state index contributed by atoms with van der Waals surface area (Å²) in [6.07, 6.45) is 15.9. The molecule has 0 radical (unpaired) electrons. The average molecular weight is 451 g/mol. The fourth-order valence-electron chi connectivity index (χ4n) is 3.93. The van der Waals surface area contributed by atoms with Gasteiger partial charge in [0.15, 0.2) is 0 Å². The largest absolute Gasteiger partial charge is 0.481 e. The van der Waals surface area contributed by atoms with Gasteiger partial charge in [-0.15, -0.1) is 0 Å². The predicted molar refractivity (Wildman–Crippen MR) is 131 cm³/mol. The van der Waals surface area contributed by atoms with Gasteiger partial charge >= 0.3 is 11.9 Å². The number of carboxylic acids is 2. The SMILES string of the molecule is CCCCCCCCCCCCc1ccccc1C(CCCC(=O)O)SCCC(=O)O. The molecular formula is C26H42O4S. The normalized spacial score (nSPS) is 12.0. The van der Waals surface area contributed by atoms with E-state index in [1.54, 1.807) is 11.8 Å². The summed E-state index contributed by atoms with van der Waals surface area (Å²) in [5, 5.41) is 18.1. The number of rotatable bonds is 20. The molecule has 0 saturated carbocycles. The quantitative estimate of drug-likeness (QED) is 0.199. The summed E-state index contributed by atoms with van der Waals surface area (Å²) >= 11 is 1.65. The van der Waals surface area contributed by atoms with Gasteiger partial charge in [-0.3, -0.25) is 9.59 Å². The van der Waals surface area contributed by atoms with Crippen LogP contribution in [-0.2, 0) is 16.0 Å². The van der Waals surface area contributed by atoms with Crippen molar-refractivity contribution in [3.05, 3.63) is 35.4 Å². The zero-order valence-corrected chi connectivity index (χ0v) is 20.1. The summed E-state index contributed by atoms with van der Waals surface area (Å²) in [5.41, 5.74) is 2.60. The molecule has 5 heteroatoms. The van der Waals surface area contributed by atoms with Crippen LogP contribution in [0.25, 0.3) is 0 Å². The highest BCUT2D eigenvalue weighted by Gasteiger charge is 2.16. The van der Waals surface area contributed by atoms with E-state index in [1.165, 1.54) is 75.3 Å². The highest BCUT2D eigenvalue weighted by Crippen LogP contribution is 2.36. The van der Waals surface area contributed by atoms with Crippen LogP contribution >= 0.6 is 11.8 Å². The van der Waals surface area contributed by atoms with Gasteiger partial charge < -0.3 is 10.2 Å². The number of hydrogen-bond acceptors (Lipinski definition) is 3. The maximum atomic E-state index is 10.9. The molecule has 1 atom stereocenters. The van der Waals surface area contributed by atoms with Gasteiger partial charge in [0.05, 0.1) is 6.42 Å². The second kappa shape index (κ2) is 18.1. The van der Waals surface area contributed by atoms with Crippen LogP contribution < -0.4 is 0 Å². The van der Waals surface area contributed by atoms with Crippen molar-refractivity contribution < 1.29 is 19.8 Å². The Balaban J connectivity index is 2.48. The van der Waals surface area contributed by atoms with E-state index in [0.717, 1.165) is 12.8 Å². The number of aliphatic carboxylic acids is 2. The molecule has 0 aliphatic carbocycles. The highest BCUT2D eigenvalue weighted by molar-refractivity contribution is 7.99. The fraction of sp³-hybridized carbons (Fsp3) is 0.692. The first kappa shape index (κ1) is 27.5. The Morgan fingerprint density at radius 2 is 1.39 bits per heavy atom. The van der Waals surface area contributed by atoms with Gasteiger partial charge in [0.25, 0.3) is 0 Å². The molecule has 0 fully saturated rings. The molecule has 0 bridgehead atoms. The Kier molecular flexibility index (Phi) is 16.1. The van der Waals surface area contributed by atoms with Gasteiger partial charge in [-0.2, -0.15) is 11.8 Å². The summed E-state index contributed by atoms with van der Waals surface area (Å²) < 4.78 is 0. The number of hydrogen-bond donors (Lipinski definition) is 2. The zero-order valence-electron chi connectivity index (χ0n) is 19.3. The molecule has 1 rings (SSSR count). The van der Waals surface area contributed by atoms with Crippen molar-refractivity contribution in [2.24, 2.45) is 0 Å². The zero-order chi connectivity index (χ0) is 22.7. The number of benzene rings is 1. The van der Waals surface area contributed by atoms with Gasteiger partial charge in [0.1, 0.15) is 0 Å². The topological polar surface area (TPSA) is 74.6 Å². The molecule has 0 saturated heterocycles. The van der Waals surface area contributed by atoms with Crippen molar-refractivity contribution in [3.63, 3.8) is 0 Å². The lowest BCUT2D eigenvalue weighted by Crippen LogP contribution is -2.05. The number of carbonyl (C=O) groups is 2. The van der Waals surface area contributed by atoms with Gasteiger partial charge in [-0.1, -0.05) is 89.0 Å². The number of unbranched alkanes of at least 4 members (excludes halogenated alkanes) is 9. The summed E-state index contributed by atoms with van der Waals surface area (Å²) in [5.74, 6) is -0.997. The van der Waals surface area contributed by atoms with Crippen LogP contribution in [0.2, 0.25) is 0 Å². The third-order valence-corrected chi connectivity index (χ3v) is 7.03. The lowest BCUT2D eigenvalue weighted by molar-refractivity contribution is -0.137. The Morgan fingerprint density at radius 3 is 2.00 bits per heavy atom. The molecule has 31 heavy (non-hydrogen) atoms. The molecule has 1 aromatic rings. The van der Waals surface area contributed by atoms with Crippen LogP contribution in [0.3, 0.4) is 0 Å². The van der Waals surface area contributed by atoms with Crippen LogP contribution in [0.4, 0.5) is 0 Å². The fourth-order valence-corrected chi connectivity index (χ4v) is 5.25. The average Bonchev–Trinajstić information content (AvgIpc) is 2.74. The smallest absolute Gasteiger partial charge is 0.304 e. The summed E-state index contributed by atoms with van der Waals surface area (Å²) in [7, 11) is 0. The van der Waals surface area contributed by atoms with Gasteiger partial charge in [-0.25, -0.2) is 0 Å². The molecule has 0 amide bonds. The van der Waals surface area contributed by atoms with Gasteiger partial charge in [-0.05, 0) is 36.8 Å². The first-order valence-electron chi connectivity index (χ1n) is 12.2. The molecule has 0 heterocycles. The molecule has 0 aromatic heterocycles. The number of thioether (sulfide) groups is 1. The molecule has 4 nitrogen and oxygen atoms in total. The molecule has 0 spiro atoms. The number of aryl methyl sites for hydroxylation is 1. The van der Waals surface area contributed by atoms with E-state index in [9.17, 15) is 9.59 Å². The van der Waals surface area contributed by atoms with Crippen LogP contribution in [0.15, 0.2) is 24.3 Å². The third-order valence-electron chi connectivity index (χ3n) is 5.69. The van der Waals surface area contributed by atoms with E-state index >= 15 is 0 Å². The minimum Gasteiger partial charge on any atom is -0.481 e. The van der Waals surface area contributed by atoms with E-state index in [4.69, 9.17) is 10.2 Å². The molecule has 0 aliphatic rings. The van der Waals surface area contributed by atoms with Crippen molar-refractivity contribution >= 4 is 23.7 Å². The van der Waals surface area contributed by atoms with Crippen LogP contribution in [0, 0.1) is 0 Å². The van der Waals surface area contributed by atoms with E-state index < -0.39 is 11.9 Å². The molecule has 1 aromatic carbocycles. The van der Waals surface area contributed by atoms with Crippen molar-refractivity contribution in [2.75, 3.05) is 5.75 Å². The van der Waals surface area contributed by atoms with Gasteiger partial charge in [0.2, 0.25) is 0 Å². The van der Waals surface area contributed by atoms with E-state index in [0.29, 0.717) is 12.2 Å². The molecular weight excluding hydrogens is 408 g/mol. The summed E-state index contributed by atoms with van der Waals surface area (Å²) in [6.45, 7) is 2.26. The van der Waals surface area contributed by atoms with Crippen molar-refractivity contribution in [1.82, 2.24) is 0 Å². The monoisotopic (exact) mass is 450 g/mol. The van der Waals surface area contributed by atoms with E-state index in [1.807, 2.05) is 6.07 Å². The molecule has 1 unspecified atom stereocenters. The molecule has 2 N–H and O–H groups in total. The Hall–Kier alpha value is -1.49. The van der Waals surface area contributed by atoms with E-state index in [-0.39, 0.29) is 18.1 Å². The molecule has 176 valence electrons. The lowest BCUT2D eigenvalue weighted by atomic mass is 9.96. The summed E-state index contributed by atoms with van der Waals surface area (Å²) in [6, 6.07) is 8.44. The maximum Gasteiger partial charge on any atom is 0.304 e. The number of carboxylic acid groups (broad SMARTS) is 2. The van der Waals surface area contributed by atoms with Crippen LogP contribution in [0.1, 0.15) is 113 Å². The van der Waals surface area contributed by atoms with Crippen molar-refractivity contribution in [2.45, 2.75) is 108 Å². The summed E-state index contributed by atoms with van der Waals surface area (Å²) in [4.78, 5) is 21.8. The van der Waals surface area contributed by atoms with Crippen molar-refractivity contribution in [1.29, 1.82) is 0 Å². The lowest BCUT2D eigenvalue weighted by Gasteiger charge is -2.20. The third kappa shape index (κ3) is 14.2. The van der Waals surface area contributed by atoms with Crippen LogP contribution in [0.5, 0.6) is 0 Å². The first-order chi connectivity index (χ1) is 15.0. The minimum absolute atomic E-state index is 0.140. The highest BCUT2D eigenvalue weighted by atomic mass is 32.2. The second-order valence-electron chi connectivity index (χ2n) is 8.42. The maximum absolute atomic E-state index is 10.9. The van der Waals surface area contributed by atoms with Crippen molar-refractivity contribution in [3.8, 4) is 0 Å². The van der Waals surface area contributed by atoms with Gasteiger partial charge in [0, 0.05) is 17.4 Å². The Labute approximate surface area is 193 Å². The Morgan fingerprint density at radius 1 is 0.806 bits per heavy atom. The second-order valence-corrected chi connectivity index (χ2v) is 9.73. The standard InChI is InChI=1S/C26H42O4S/c1-2-3-4-5-6-7-8-9-10-11-15-22-16-12-13-17-23(22)24(18-14-19-25(27)28)31-21-20-26(29)30/h12-13,16-17,24H,2-11,14-15,18-21H2,1H3,(H,27,28)(H,29,30). The minimum atomic E-state index is -0.782. The Bertz CT molecular complexity index is 597. The molecule has 0 aliphatic heterocycles. The first-order valence-corrected chi connectivity index (χ1v) is 13.2. The predicted octanol–water partition coefficient (Wildman–Crippen LogP) is 7.65. The van der Waals surface area contributed by atoms with E-state index in [2.05, 4.69) is 25.1 Å². The van der Waals surface area contributed by atoms with Crippen LogP contribution in [-0.4, -0.2) is 27.9 Å².